The lowest BCUT2D eigenvalue weighted by atomic mass is 10.2. The monoisotopic (exact) mass is 401 g/mol. The molecule has 27 heavy (non-hydrogen) atoms. The van der Waals surface area contributed by atoms with Crippen LogP contribution in [0.1, 0.15) is 23.8 Å². The van der Waals surface area contributed by atoms with Gasteiger partial charge in [0.15, 0.2) is 10.6 Å². The number of thiophene rings is 1. The van der Waals surface area contributed by atoms with Crippen LogP contribution in [-0.2, 0) is 18.0 Å². The highest BCUT2D eigenvalue weighted by Crippen LogP contribution is 2.34. The molecule has 0 saturated carbocycles. The summed E-state index contributed by atoms with van der Waals surface area (Å²) in [7, 11) is 1.70. The van der Waals surface area contributed by atoms with E-state index in [1.54, 1.807) is 19.5 Å². The molecule has 0 unspecified atom stereocenters. The lowest BCUT2D eigenvalue weighted by Gasteiger charge is -2.23. The maximum Gasteiger partial charge on any atom is 0.199 e. The Hall–Kier alpha value is -1.87. The number of ether oxygens (including phenoxy) is 1. The van der Waals surface area contributed by atoms with E-state index < -0.39 is 0 Å². The second kappa shape index (κ2) is 8.43. The van der Waals surface area contributed by atoms with Gasteiger partial charge in [-0.2, -0.15) is 5.10 Å². The van der Waals surface area contributed by atoms with Gasteiger partial charge in [-0.05, 0) is 48.6 Å². The van der Waals surface area contributed by atoms with Crippen LogP contribution in [0.4, 0.5) is 0 Å². The SMILES string of the molecule is COCCn1c(-c2ccncc2)nn(CN2CCC[C@H]2c2cccs2)c1=S. The van der Waals surface area contributed by atoms with Gasteiger partial charge in [-0.3, -0.25) is 14.5 Å². The fourth-order valence-electron chi connectivity index (χ4n) is 3.60. The van der Waals surface area contributed by atoms with Crippen molar-refractivity contribution in [2.24, 2.45) is 0 Å². The molecule has 4 heterocycles. The molecule has 1 aliphatic rings. The van der Waals surface area contributed by atoms with Crippen molar-refractivity contribution in [1.29, 1.82) is 0 Å². The van der Waals surface area contributed by atoms with Crippen LogP contribution in [-0.4, -0.2) is 44.5 Å². The van der Waals surface area contributed by atoms with E-state index in [0.717, 1.165) is 22.7 Å². The summed E-state index contributed by atoms with van der Waals surface area (Å²) in [5.74, 6) is 0.867. The summed E-state index contributed by atoms with van der Waals surface area (Å²) >= 11 is 7.60. The summed E-state index contributed by atoms with van der Waals surface area (Å²) in [6.07, 6.45) is 5.96. The quantitative estimate of drug-likeness (QED) is 0.561. The van der Waals surface area contributed by atoms with Gasteiger partial charge in [0.05, 0.1) is 19.8 Å². The van der Waals surface area contributed by atoms with Crippen molar-refractivity contribution < 1.29 is 4.74 Å². The molecule has 6 nitrogen and oxygen atoms in total. The minimum atomic E-state index is 0.459. The molecule has 4 rings (SSSR count). The molecule has 0 spiro atoms. The Morgan fingerprint density at radius 3 is 2.89 bits per heavy atom. The van der Waals surface area contributed by atoms with Crippen LogP contribution in [0.15, 0.2) is 42.0 Å². The zero-order chi connectivity index (χ0) is 18.6. The van der Waals surface area contributed by atoms with Crippen molar-refractivity contribution in [3.05, 3.63) is 51.7 Å². The molecule has 142 valence electrons. The smallest absolute Gasteiger partial charge is 0.199 e. The number of aromatic nitrogens is 4. The molecule has 1 aliphatic heterocycles. The minimum Gasteiger partial charge on any atom is -0.383 e. The molecule has 3 aromatic heterocycles. The predicted octanol–water partition coefficient (Wildman–Crippen LogP) is 3.98. The normalized spacial score (nSPS) is 17.6. The zero-order valence-electron chi connectivity index (χ0n) is 15.3. The first-order chi connectivity index (χ1) is 13.3. The van der Waals surface area contributed by atoms with Crippen LogP contribution in [0.5, 0.6) is 0 Å². The van der Waals surface area contributed by atoms with Gasteiger partial charge >= 0.3 is 0 Å². The summed E-state index contributed by atoms with van der Waals surface area (Å²) in [5.41, 5.74) is 1.02. The Morgan fingerprint density at radius 1 is 1.30 bits per heavy atom. The fraction of sp³-hybridized carbons (Fsp3) is 0.421. The second-order valence-electron chi connectivity index (χ2n) is 6.61. The largest absolute Gasteiger partial charge is 0.383 e. The van der Waals surface area contributed by atoms with Gasteiger partial charge in [-0.1, -0.05) is 6.07 Å². The van der Waals surface area contributed by atoms with E-state index in [9.17, 15) is 0 Å². The summed E-state index contributed by atoms with van der Waals surface area (Å²) in [5, 5.41) is 7.02. The molecular formula is C19H23N5OS2. The number of pyridine rings is 1. The molecule has 1 atom stereocenters. The van der Waals surface area contributed by atoms with Gasteiger partial charge in [0.25, 0.3) is 0 Å². The van der Waals surface area contributed by atoms with E-state index in [4.69, 9.17) is 22.1 Å². The van der Waals surface area contributed by atoms with Crippen LogP contribution in [0.2, 0.25) is 0 Å². The van der Waals surface area contributed by atoms with E-state index >= 15 is 0 Å². The number of methoxy groups -OCH3 is 1. The molecular weight excluding hydrogens is 378 g/mol. The molecule has 0 aromatic carbocycles. The molecule has 3 aromatic rings. The number of hydrogen-bond acceptors (Lipinski definition) is 6. The standard InChI is InChI=1S/C19H23N5OS2/c1-25-12-11-23-18(15-6-8-20-9-7-15)21-24(19(23)26)14-22-10-2-4-16(22)17-5-3-13-27-17/h3,5-9,13,16H,2,4,10-12,14H2,1H3/t16-/m0/s1. The van der Waals surface area contributed by atoms with Gasteiger partial charge in [0, 0.05) is 42.5 Å². The number of hydrogen-bond donors (Lipinski definition) is 0. The third-order valence-electron chi connectivity index (χ3n) is 4.93. The first kappa shape index (κ1) is 18.5. The zero-order valence-corrected chi connectivity index (χ0v) is 17.0. The Kier molecular flexibility index (Phi) is 5.77. The third-order valence-corrected chi connectivity index (χ3v) is 6.34. The number of rotatable bonds is 7. The van der Waals surface area contributed by atoms with E-state index in [-0.39, 0.29) is 0 Å². The molecule has 0 N–H and O–H groups in total. The van der Waals surface area contributed by atoms with Gasteiger partial charge < -0.3 is 4.74 Å². The second-order valence-corrected chi connectivity index (χ2v) is 7.96. The van der Waals surface area contributed by atoms with Gasteiger partial charge in [0.1, 0.15) is 0 Å². The topological polar surface area (TPSA) is 48.1 Å². The predicted molar refractivity (Wildman–Crippen MR) is 109 cm³/mol. The lowest BCUT2D eigenvalue weighted by molar-refractivity contribution is 0.183. The van der Waals surface area contributed by atoms with Crippen LogP contribution in [0.25, 0.3) is 11.4 Å². The fourth-order valence-corrected chi connectivity index (χ4v) is 4.77. The molecule has 1 fully saturated rings. The lowest BCUT2D eigenvalue weighted by Crippen LogP contribution is -2.26. The maximum atomic E-state index is 5.77. The third kappa shape index (κ3) is 3.89. The van der Waals surface area contributed by atoms with Crippen LogP contribution < -0.4 is 0 Å². The van der Waals surface area contributed by atoms with Crippen LogP contribution in [0.3, 0.4) is 0 Å². The average Bonchev–Trinajstić information content (AvgIpc) is 3.43. The first-order valence-corrected chi connectivity index (χ1v) is 10.4. The molecule has 1 saturated heterocycles. The Balaban J connectivity index is 1.65. The average molecular weight is 402 g/mol. The summed E-state index contributed by atoms with van der Waals surface area (Å²) in [4.78, 5) is 8.01. The van der Waals surface area contributed by atoms with E-state index in [1.807, 2.05) is 28.2 Å². The van der Waals surface area contributed by atoms with E-state index in [0.29, 0.717) is 25.9 Å². The van der Waals surface area contributed by atoms with Crippen molar-refractivity contribution in [3.8, 4) is 11.4 Å². The molecule has 0 amide bonds. The highest BCUT2D eigenvalue weighted by atomic mass is 32.1. The van der Waals surface area contributed by atoms with Crippen molar-refractivity contribution >= 4 is 23.6 Å². The van der Waals surface area contributed by atoms with Crippen molar-refractivity contribution in [2.45, 2.75) is 32.1 Å². The highest BCUT2D eigenvalue weighted by molar-refractivity contribution is 7.71. The molecule has 8 heteroatoms. The maximum absolute atomic E-state index is 5.77. The highest BCUT2D eigenvalue weighted by Gasteiger charge is 2.27. The molecule has 0 bridgehead atoms. The van der Waals surface area contributed by atoms with Gasteiger partial charge in [-0.15, -0.1) is 11.3 Å². The van der Waals surface area contributed by atoms with E-state index in [1.165, 1.54) is 17.7 Å². The Morgan fingerprint density at radius 2 is 2.15 bits per heavy atom. The van der Waals surface area contributed by atoms with Gasteiger partial charge in [-0.25, -0.2) is 4.68 Å². The van der Waals surface area contributed by atoms with Crippen molar-refractivity contribution in [2.75, 3.05) is 20.3 Å². The first-order valence-electron chi connectivity index (χ1n) is 9.12. The molecule has 0 aliphatic carbocycles. The Labute approximate surface area is 168 Å². The Bertz CT molecular complexity index is 919. The van der Waals surface area contributed by atoms with Crippen molar-refractivity contribution in [1.82, 2.24) is 24.2 Å². The summed E-state index contributed by atoms with van der Waals surface area (Å²) in [6, 6.07) is 8.75. The van der Waals surface area contributed by atoms with Crippen molar-refractivity contribution in [3.63, 3.8) is 0 Å². The van der Waals surface area contributed by atoms with Crippen LogP contribution in [0, 0.1) is 4.77 Å². The van der Waals surface area contributed by atoms with E-state index in [2.05, 4.69) is 32.0 Å². The molecule has 0 radical (unpaired) electrons. The number of nitrogens with zero attached hydrogens (tertiary/aromatic N) is 5. The van der Waals surface area contributed by atoms with Crippen LogP contribution >= 0.6 is 23.6 Å². The summed E-state index contributed by atoms with van der Waals surface area (Å²) < 4.78 is 10.0. The summed E-state index contributed by atoms with van der Waals surface area (Å²) in [6.45, 7) is 3.06. The minimum absolute atomic E-state index is 0.459. The van der Waals surface area contributed by atoms with Gasteiger partial charge in [0.2, 0.25) is 0 Å². The number of likely N-dealkylation sites (tertiary alicyclic amines) is 1.